The molecule has 0 aromatic heterocycles. The highest BCUT2D eigenvalue weighted by Crippen LogP contribution is 2.29. The number of carbonyl (C=O) groups is 1. The fourth-order valence-corrected chi connectivity index (χ4v) is 2.61. The standard InChI is InChI=1S/C16H25N3O2/c1-12(17)13-4-5-15-14(10-13)6-8-19(15)11-16(20)18-7-3-9-21-2/h4-5,10,12H,3,6-9,11,17H2,1-2H3,(H,18,20). The number of anilines is 1. The van der Waals surface area contributed by atoms with Gasteiger partial charge in [0.1, 0.15) is 0 Å². The number of carbonyl (C=O) groups excluding carboxylic acids is 1. The second-order valence-corrected chi connectivity index (χ2v) is 5.54. The number of hydrogen-bond acceptors (Lipinski definition) is 4. The number of nitrogens with one attached hydrogen (secondary N) is 1. The summed E-state index contributed by atoms with van der Waals surface area (Å²) in [4.78, 5) is 14.1. The summed E-state index contributed by atoms with van der Waals surface area (Å²) in [7, 11) is 1.67. The largest absolute Gasteiger partial charge is 0.385 e. The van der Waals surface area contributed by atoms with Gasteiger partial charge in [0, 0.05) is 38.5 Å². The van der Waals surface area contributed by atoms with Gasteiger partial charge in [0.15, 0.2) is 0 Å². The van der Waals surface area contributed by atoms with E-state index in [4.69, 9.17) is 10.5 Å². The second kappa shape index (κ2) is 7.43. The van der Waals surface area contributed by atoms with Crippen LogP contribution in [0.4, 0.5) is 5.69 Å². The first-order chi connectivity index (χ1) is 10.1. The van der Waals surface area contributed by atoms with Crippen LogP contribution in [0.15, 0.2) is 18.2 Å². The maximum Gasteiger partial charge on any atom is 0.239 e. The maximum absolute atomic E-state index is 11.9. The molecule has 0 spiro atoms. The van der Waals surface area contributed by atoms with Gasteiger partial charge in [-0.3, -0.25) is 4.79 Å². The van der Waals surface area contributed by atoms with Gasteiger partial charge in [-0.25, -0.2) is 0 Å². The van der Waals surface area contributed by atoms with Gasteiger partial charge >= 0.3 is 0 Å². The van der Waals surface area contributed by atoms with Gasteiger partial charge in [-0.1, -0.05) is 12.1 Å². The number of fused-ring (bicyclic) bond motifs is 1. The van der Waals surface area contributed by atoms with E-state index < -0.39 is 0 Å². The van der Waals surface area contributed by atoms with E-state index in [1.807, 2.05) is 6.92 Å². The number of amides is 1. The molecular weight excluding hydrogens is 266 g/mol. The third-order valence-electron chi connectivity index (χ3n) is 3.80. The third-order valence-corrected chi connectivity index (χ3v) is 3.80. The highest BCUT2D eigenvalue weighted by Gasteiger charge is 2.21. The molecule has 3 N–H and O–H groups in total. The number of ether oxygens (including phenoxy) is 1. The van der Waals surface area contributed by atoms with Crippen molar-refractivity contribution in [3.8, 4) is 0 Å². The lowest BCUT2D eigenvalue weighted by atomic mass is 10.0. The van der Waals surface area contributed by atoms with Crippen molar-refractivity contribution in [3.05, 3.63) is 29.3 Å². The van der Waals surface area contributed by atoms with Crippen LogP contribution in [0.5, 0.6) is 0 Å². The highest BCUT2D eigenvalue weighted by molar-refractivity contribution is 5.82. The van der Waals surface area contributed by atoms with Crippen molar-refractivity contribution in [1.29, 1.82) is 0 Å². The Kier molecular flexibility index (Phi) is 5.59. The molecule has 2 rings (SSSR count). The molecule has 0 fully saturated rings. The number of nitrogens with zero attached hydrogens (tertiary/aromatic N) is 1. The number of benzene rings is 1. The average molecular weight is 291 g/mol. The first-order valence-corrected chi connectivity index (χ1v) is 7.51. The molecule has 1 heterocycles. The van der Waals surface area contributed by atoms with Gasteiger partial charge in [0.05, 0.1) is 6.54 Å². The summed E-state index contributed by atoms with van der Waals surface area (Å²) in [5, 5.41) is 2.92. The maximum atomic E-state index is 11.9. The molecule has 1 aromatic carbocycles. The Morgan fingerprint density at radius 3 is 3.05 bits per heavy atom. The van der Waals surface area contributed by atoms with Crippen LogP contribution >= 0.6 is 0 Å². The van der Waals surface area contributed by atoms with Crippen molar-refractivity contribution >= 4 is 11.6 Å². The summed E-state index contributed by atoms with van der Waals surface area (Å²) in [6.07, 6.45) is 1.82. The van der Waals surface area contributed by atoms with E-state index in [0.29, 0.717) is 19.7 Å². The van der Waals surface area contributed by atoms with Crippen LogP contribution in [-0.4, -0.2) is 39.3 Å². The normalized spacial score (nSPS) is 14.9. The fourth-order valence-electron chi connectivity index (χ4n) is 2.61. The zero-order valence-electron chi connectivity index (χ0n) is 12.9. The van der Waals surface area contributed by atoms with Gasteiger partial charge in [-0.05, 0) is 37.0 Å². The van der Waals surface area contributed by atoms with Crippen molar-refractivity contribution in [2.75, 3.05) is 38.3 Å². The van der Waals surface area contributed by atoms with Crippen LogP contribution in [0, 0.1) is 0 Å². The Morgan fingerprint density at radius 1 is 1.52 bits per heavy atom. The van der Waals surface area contributed by atoms with Crippen LogP contribution in [0.1, 0.15) is 30.5 Å². The Balaban J connectivity index is 1.89. The first-order valence-electron chi connectivity index (χ1n) is 7.51. The molecule has 1 aliphatic rings. The second-order valence-electron chi connectivity index (χ2n) is 5.54. The molecule has 0 radical (unpaired) electrons. The minimum atomic E-state index is 0.0495. The lowest BCUT2D eigenvalue weighted by Gasteiger charge is -2.19. The molecule has 0 bridgehead atoms. The number of nitrogens with two attached hydrogens (primary N) is 1. The molecule has 5 nitrogen and oxygen atoms in total. The summed E-state index contributed by atoms with van der Waals surface area (Å²) < 4.78 is 4.96. The lowest BCUT2D eigenvalue weighted by Crippen LogP contribution is -2.37. The van der Waals surface area contributed by atoms with Gasteiger partial charge in [0.2, 0.25) is 5.91 Å². The minimum absolute atomic E-state index is 0.0495. The molecule has 116 valence electrons. The molecule has 21 heavy (non-hydrogen) atoms. The smallest absolute Gasteiger partial charge is 0.239 e. The monoisotopic (exact) mass is 291 g/mol. The van der Waals surface area contributed by atoms with E-state index in [2.05, 4.69) is 28.4 Å². The molecule has 1 amide bonds. The molecule has 1 unspecified atom stereocenters. The van der Waals surface area contributed by atoms with E-state index in [1.165, 1.54) is 5.56 Å². The zero-order valence-corrected chi connectivity index (χ0v) is 12.9. The Hall–Kier alpha value is -1.59. The van der Waals surface area contributed by atoms with E-state index >= 15 is 0 Å². The molecule has 0 saturated carbocycles. The van der Waals surface area contributed by atoms with Gasteiger partial charge < -0.3 is 20.7 Å². The topological polar surface area (TPSA) is 67.6 Å². The van der Waals surface area contributed by atoms with Crippen molar-refractivity contribution in [3.63, 3.8) is 0 Å². The zero-order chi connectivity index (χ0) is 15.2. The summed E-state index contributed by atoms with van der Waals surface area (Å²) in [6, 6.07) is 6.35. The van der Waals surface area contributed by atoms with Gasteiger partial charge in [-0.15, -0.1) is 0 Å². The van der Waals surface area contributed by atoms with E-state index in [1.54, 1.807) is 7.11 Å². The molecule has 5 heteroatoms. The van der Waals surface area contributed by atoms with Gasteiger partial charge in [-0.2, -0.15) is 0 Å². The van der Waals surface area contributed by atoms with E-state index in [-0.39, 0.29) is 11.9 Å². The number of hydrogen-bond donors (Lipinski definition) is 2. The summed E-state index contributed by atoms with van der Waals surface area (Å²) >= 11 is 0. The van der Waals surface area contributed by atoms with E-state index in [0.717, 1.165) is 30.6 Å². The first kappa shape index (κ1) is 15.8. The van der Waals surface area contributed by atoms with Crippen LogP contribution in [0.3, 0.4) is 0 Å². The number of rotatable bonds is 7. The molecule has 0 aliphatic carbocycles. The molecular formula is C16H25N3O2. The molecule has 1 aromatic rings. The molecule has 1 atom stereocenters. The van der Waals surface area contributed by atoms with Crippen molar-refractivity contribution in [2.45, 2.75) is 25.8 Å². The van der Waals surface area contributed by atoms with Crippen molar-refractivity contribution < 1.29 is 9.53 Å². The molecule has 0 saturated heterocycles. The van der Waals surface area contributed by atoms with Crippen molar-refractivity contribution in [2.24, 2.45) is 5.73 Å². The van der Waals surface area contributed by atoms with Crippen LogP contribution in [0.2, 0.25) is 0 Å². The Labute approximate surface area is 126 Å². The Morgan fingerprint density at radius 2 is 2.33 bits per heavy atom. The summed E-state index contributed by atoms with van der Waals surface area (Å²) in [5.41, 5.74) is 9.51. The Bertz CT molecular complexity index is 488. The van der Waals surface area contributed by atoms with Crippen LogP contribution in [-0.2, 0) is 16.0 Å². The quantitative estimate of drug-likeness (QED) is 0.741. The third kappa shape index (κ3) is 4.19. The highest BCUT2D eigenvalue weighted by atomic mass is 16.5. The van der Waals surface area contributed by atoms with Crippen LogP contribution in [0.25, 0.3) is 0 Å². The fraction of sp³-hybridized carbons (Fsp3) is 0.562. The minimum Gasteiger partial charge on any atom is -0.385 e. The predicted octanol–water partition coefficient (Wildman–Crippen LogP) is 1.22. The van der Waals surface area contributed by atoms with Crippen LogP contribution < -0.4 is 16.0 Å². The van der Waals surface area contributed by atoms with Crippen molar-refractivity contribution in [1.82, 2.24) is 5.32 Å². The predicted molar refractivity (Wildman–Crippen MR) is 84.5 cm³/mol. The average Bonchev–Trinajstić information content (AvgIpc) is 2.86. The summed E-state index contributed by atoms with van der Waals surface area (Å²) in [5.74, 6) is 0.0650. The number of methoxy groups -OCH3 is 1. The van der Waals surface area contributed by atoms with E-state index in [9.17, 15) is 4.79 Å². The summed E-state index contributed by atoms with van der Waals surface area (Å²) in [6.45, 7) is 4.63. The van der Waals surface area contributed by atoms with Gasteiger partial charge in [0.25, 0.3) is 0 Å². The SMILES string of the molecule is COCCCNC(=O)CN1CCc2cc(C(C)N)ccc21. The lowest BCUT2D eigenvalue weighted by molar-refractivity contribution is -0.119. The molecule has 1 aliphatic heterocycles.